The molecule has 3 nitrogen and oxygen atoms in total. The quantitative estimate of drug-likeness (QED) is 0.622. The SMILES string of the molecule is Cn1cc(/C=C2/C[C@@H]3[C@H]4CC[C@@H]5CCCC[C@]5(C)[C@@H]4CC[C@@]3(C)C2=O)cn1. The van der Waals surface area contributed by atoms with E-state index in [0.717, 1.165) is 41.7 Å². The van der Waals surface area contributed by atoms with Gasteiger partial charge in [0, 0.05) is 24.2 Å². The molecule has 4 aliphatic carbocycles. The zero-order chi connectivity index (χ0) is 18.8. The molecule has 0 spiro atoms. The van der Waals surface area contributed by atoms with Gasteiger partial charge in [-0.1, -0.05) is 26.7 Å². The van der Waals surface area contributed by atoms with Gasteiger partial charge in [0.15, 0.2) is 5.78 Å². The number of fused-ring (bicyclic) bond motifs is 5. The summed E-state index contributed by atoms with van der Waals surface area (Å²) in [6, 6.07) is 0. The van der Waals surface area contributed by atoms with E-state index < -0.39 is 0 Å². The third kappa shape index (κ3) is 2.53. The highest BCUT2D eigenvalue weighted by atomic mass is 16.1. The largest absolute Gasteiger partial charge is 0.294 e. The lowest BCUT2D eigenvalue weighted by atomic mass is 9.45. The summed E-state index contributed by atoms with van der Waals surface area (Å²) in [6.45, 7) is 4.90. The summed E-state index contributed by atoms with van der Waals surface area (Å²) in [6.07, 6.45) is 17.9. The smallest absolute Gasteiger partial charge is 0.165 e. The Kier molecular flexibility index (Phi) is 3.97. The number of aromatic nitrogens is 2. The van der Waals surface area contributed by atoms with Gasteiger partial charge in [-0.3, -0.25) is 9.48 Å². The van der Waals surface area contributed by atoms with Gasteiger partial charge in [0.2, 0.25) is 0 Å². The average molecular weight is 367 g/mol. The molecule has 0 unspecified atom stereocenters. The van der Waals surface area contributed by atoms with E-state index in [-0.39, 0.29) is 5.41 Å². The van der Waals surface area contributed by atoms with E-state index in [1.54, 1.807) is 0 Å². The Bertz CT molecular complexity index is 792. The third-order valence-electron chi connectivity index (χ3n) is 9.29. The first-order valence-corrected chi connectivity index (χ1v) is 11.2. The van der Waals surface area contributed by atoms with Gasteiger partial charge < -0.3 is 0 Å². The van der Waals surface area contributed by atoms with Crippen LogP contribution >= 0.6 is 0 Å². The molecule has 3 heteroatoms. The summed E-state index contributed by atoms with van der Waals surface area (Å²) < 4.78 is 1.82. The molecule has 1 aromatic heterocycles. The first-order valence-electron chi connectivity index (χ1n) is 11.2. The van der Waals surface area contributed by atoms with Crippen molar-refractivity contribution in [2.75, 3.05) is 0 Å². The van der Waals surface area contributed by atoms with Crippen LogP contribution in [0.1, 0.15) is 77.2 Å². The van der Waals surface area contributed by atoms with Crippen LogP contribution in [0.2, 0.25) is 0 Å². The highest BCUT2D eigenvalue weighted by Crippen LogP contribution is 2.66. The van der Waals surface area contributed by atoms with Crippen LogP contribution in [-0.4, -0.2) is 15.6 Å². The van der Waals surface area contributed by atoms with Crippen molar-refractivity contribution in [2.24, 2.45) is 41.5 Å². The van der Waals surface area contributed by atoms with E-state index in [1.807, 2.05) is 24.1 Å². The zero-order valence-electron chi connectivity index (χ0n) is 17.2. The van der Waals surface area contributed by atoms with E-state index in [0.29, 0.717) is 17.1 Å². The van der Waals surface area contributed by atoms with Crippen molar-refractivity contribution in [1.82, 2.24) is 9.78 Å². The monoisotopic (exact) mass is 366 g/mol. The lowest BCUT2D eigenvalue weighted by Crippen LogP contribution is -2.52. The predicted octanol–water partition coefficient (Wildman–Crippen LogP) is 5.42. The first-order chi connectivity index (χ1) is 12.9. The first kappa shape index (κ1) is 17.7. The molecule has 0 amide bonds. The molecule has 0 radical (unpaired) electrons. The molecule has 0 bridgehead atoms. The van der Waals surface area contributed by atoms with Crippen molar-refractivity contribution in [1.29, 1.82) is 0 Å². The number of carbonyl (C=O) groups excluding carboxylic acids is 1. The number of carbonyl (C=O) groups is 1. The number of nitrogens with zero attached hydrogens (tertiary/aromatic N) is 2. The van der Waals surface area contributed by atoms with Crippen LogP contribution in [0.5, 0.6) is 0 Å². The Morgan fingerprint density at radius 3 is 2.74 bits per heavy atom. The van der Waals surface area contributed by atoms with Crippen molar-refractivity contribution in [3.05, 3.63) is 23.5 Å². The van der Waals surface area contributed by atoms with Gasteiger partial charge in [-0.2, -0.15) is 5.10 Å². The highest BCUT2D eigenvalue weighted by molar-refractivity contribution is 6.05. The number of rotatable bonds is 1. The molecule has 4 saturated carbocycles. The Morgan fingerprint density at radius 1 is 1.11 bits per heavy atom. The van der Waals surface area contributed by atoms with Gasteiger partial charge in [0.05, 0.1) is 6.20 Å². The number of allylic oxidation sites excluding steroid dienone is 1. The fourth-order valence-electron chi connectivity index (χ4n) is 7.81. The van der Waals surface area contributed by atoms with Gasteiger partial charge in [0.25, 0.3) is 0 Å². The van der Waals surface area contributed by atoms with Gasteiger partial charge in [0.1, 0.15) is 0 Å². The molecular weight excluding hydrogens is 332 g/mol. The molecule has 0 aromatic carbocycles. The molecule has 146 valence electrons. The third-order valence-corrected chi connectivity index (χ3v) is 9.29. The number of ketones is 1. The van der Waals surface area contributed by atoms with Crippen LogP contribution in [0.15, 0.2) is 18.0 Å². The lowest BCUT2D eigenvalue weighted by molar-refractivity contribution is -0.137. The predicted molar refractivity (Wildman–Crippen MR) is 108 cm³/mol. The van der Waals surface area contributed by atoms with Crippen molar-refractivity contribution in [2.45, 2.75) is 71.6 Å². The molecule has 1 heterocycles. The molecule has 0 saturated heterocycles. The summed E-state index contributed by atoms with van der Waals surface area (Å²) >= 11 is 0. The Morgan fingerprint density at radius 2 is 1.96 bits per heavy atom. The van der Waals surface area contributed by atoms with E-state index in [4.69, 9.17) is 0 Å². The second-order valence-corrected chi connectivity index (χ2v) is 10.5. The number of hydrogen-bond donors (Lipinski definition) is 0. The fourth-order valence-corrected chi connectivity index (χ4v) is 7.81. The standard InChI is InChI=1S/C24H34N2O/c1-23-10-5-4-6-18(23)7-8-19-20(23)9-11-24(2)21(19)13-17(22(24)27)12-16-14-25-26(3)15-16/h12,14-15,18-21H,4-11,13H2,1-3H3/b17-12-/t18-,19-,20+,21+,23-,24+/m0/s1. The van der Waals surface area contributed by atoms with Crippen LogP contribution < -0.4 is 0 Å². The van der Waals surface area contributed by atoms with E-state index >= 15 is 0 Å². The number of hydrogen-bond acceptors (Lipinski definition) is 2. The highest BCUT2D eigenvalue weighted by Gasteiger charge is 2.60. The van der Waals surface area contributed by atoms with Crippen LogP contribution in [0.3, 0.4) is 0 Å². The molecular formula is C24H34N2O. The van der Waals surface area contributed by atoms with Crippen LogP contribution in [0, 0.1) is 34.5 Å². The minimum atomic E-state index is -0.118. The lowest BCUT2D eigenvalue weighted by Gasteiger charge is -2.59. The minimum absolute atomic E-state index is 0.118. The van der Waals surface area contributed by atoms with E-state index in [2.05, 4.69) is 25.0 Å². The minimum Gasteiger partial charge on any atom is -0.294 e. The van der Waals surface area contributed by atoms with Crippen LogP contribution in [-0.2, 0) is 11.8 Å². The average Bonchev–Trinajstić information content (AvgIpc) is 3.16. The Hall–Kier alpha value is -1.38. The molecule has 1 aromatic rings. The number of Topliss-reactive ketones (excluding diaryl/α,β-unsaturated/α-hetero) is 1. The molecule has 5 rings (SSSR count). The summed E-state index contributed by atoms with van der Waals surface area (Å²) in [5.41, 5.74) is 2.56. The Balaban J connectivity index is 1.46. The van der Waals surface area contributed by atoms with E-state index in [9.17, 15) is 4.79 Å². The maximum atomic E-state index is 13.4. The molecule has 27 heavy (non-hydrogen) atoms. The van der Waals surface area contributed by atoms with Crippen molar-refractivity contribution < 1.29 is 4.79 Å². The van der Waals surface area contributed by atoms with Crippen LogP contribution in [0.25, 0.3) is 6.08 Å². The normalized spacial score (nSPS) is 45.4. The maximum absolute atomic E-state index is 13.4. The van der Waals surface area contributed by atoms with Gasteiger partial charge in [-0.05, 0) is 85.7 Å². The molecule has 0 aliphatic heterocycles. The molecule has 6 atom stereocenters. The summed E-state index contributed by atoms with van der Waals surface area (Å²) in [4.78, 5) is 13.4. The summed E-state index contributed by atoms with van der Waals surface area (Å²) in [5, 5.41) is 4.27. The van der Waals surface area contributed by atoms with Gasteiger partial charge in [-0.15, -0.1) is 0 Å². The second kappa shape index (κ2) is 6.06. The topological polar surface area (TPSA) is 34.9 Å². The van der Waals surface area contributed by atoms with Crippen molar-refractivity contribution in [3.8, 4) is 0 Å². The van der Waals surface area contributed by atoms with Crippen molar-refractivity contribution in [3.63, 3.8) is 0 Å². The molecule has 4 aliphatic rings. The summed E-state index contributed by atoms with van der Waals surface area (Å²) in [7, 11) is 1.94. The van der Waals surface area contributed by atoms with Gasteiger partial charge in [-0.25, -0.2) is 0 Å². The zero-order valence-corrected chi connectivity index (χ0v) is 17.2. The van der Waals surface area contributed by atoms with Crippen molar-refractivity contribution >= 4 is 11.9 Å². The maximum Gasteiger partial charge on any atom is 0.165 e. The van der Waals surface area contributed by atoms with E-state index in [1.165, 1.54) is 44.9 Å². The Labute approximate surface area is 163 Å². The van der Waals surface area contributed by atoms with Crippen LogP contribution in [0.4, 0.5) is 0 Å². The second-order valence-electron chi connectivity index (χ2n) is 10.5. The molecule has 4 fully saturated rings. The summed E-state index contributed by atoms with van der Waals surface area (Å²) in [5.74, 6) is 3.54. The fraction of sp³-hybridized carbons (Fsp3) is 0.750. The van der Waals surface area contributed by atoms with Gasteiger partial charge >= 0.3 is 0 Å². The number of aryl methyl sites for hydroxylation is 1. The molecule has 0 N–H and O–H groups in total.